The molecule has 0 unspecified atom stereocenters. The number of carbonyl (C=O) groups excluding carboxylic acids is 1. The summed E-state index contributed by atoms with van der Waals surface area (Å²) < 4.78 is 0. The molecule has 0 spiro atoms. The monoisotopic (exact) mass is 261 g/mol. The minimum absolute atomic E-state index is 0.0449. The largest absolute Gasteiger partial charge is 0.481 e. The smallest absolute Gasteiger partial charge is 0.314 e. The summed E-state index contributed by atoms with van der Waals surface area (Å²) >= 11 is 1.96. The fourth-order valence-electron chi connectivity index (χ4n) is 1.50. The van der Waals surface area contributed by atoms with Crippen molar-refractivity contribution in [1.29, 1.82) is 0 Å². The van der Waals surface area contributed by atoms with Crippen molar-refractivity contribution < 1.29 is 14.7 Å². The van der Waals surface area contributed by atoms with Crippen LogP contribution in [0.4, 0.5) is 4.79 Å². The van der Waals surface area contributed by atoms with E-state index in [0.29, 0.717) is 6.54 Å². The number of hydrogen-bond acceptors (Lipinski definition) is 4. The van der Waals surface area contributed by atoms with Crippen LogP contribution in [0.2, 0.25) is 0 Å². The van der Waals surface area contributed by atoms with Crippen molar-refractivity contribution in [3.63, 3.8) is 0 Å². The van der Waals surface area contributed by atoms with E-state index in [0.717, 1.165) is 31.1 Å². The first-order valence-corrected chi connectivity index (χ1v) is 6.87. The van der Waals surface area contributed by atoms with E-state index in [2.05, 4.69) is 15.5 Å². The number of aliphatic carboxylic acids is 1. The van der Waals surface area contributed by atoms with E-state index in [4.69, 9.17) is 5.11 Å². The van der Waals surface area contributed by atoms with Gasteiger partial charge < -0.3 is 15.7 Å². The Morgan fingerprint density at radius 3 is 2.47 bits per heavy atom. The number of carboxylic acids is 1. The predicted molar refractivity (Wildman–Crippen MR) is 67.4 cm³/mol. The summed E-state index contributed by atoms with van der Waals surface area (Å²) in [6.45, 7) is 3.78. The third kappa shape index (κ3) is 7.06. The lowest BCUT2D eigenvalue weighted by molar-refractivity contribution is -0.136. The summed E-state index contributed by atoms with van der Waals surface area (Å²) in [7, 11) is 0. The van der Waals surface area contributed by atoms with E-state index < -0.39 is 5.97 Å². The molecule has 1 saturated heterocycles. The van der Waals surface area contributed by atoms with Gasteiger partial charge in [-0.25, -0.2) is 4.79 Å². The van der Waals surface area contributed by atoms with Crippen LogP contribution in [-0.2, 0) is 4.79 Å². The first kappa shape index (κ1) is 14.1. The molecule has 1 heterocycles. The van der Waals surface area contributed by atoms with Crippen molar-refractivity contribution in [1.82, 2.24) is 15.5 Å². The standard InChI is InChI=1S/C10H19N3O3S/c14-9(15)1-2-11-10(16)12-3-4-13-5-7-17-8-6-13/h1-8H2,(H,14,15)(H2,11,12,16). The average molecular weight is 261 g/mol. The lowest BCUT2D eigenvalue weighted by Gasteiger charge is -2.25. The first-order chi connectivity index (χ1) is 8.18. The van der Waals surface area contributed by atoms with Gasteiger partial charge in [-0.15, -0.1) is 0 Å². The third-order valence-corrected chi connectivity index (χ3v) is 3.38. The van der Waals surface area contributed by atoms with E-state index in [1.807, 2.05) is 11.8 Å². The summed E-state index contributed by atoms with van der Waals surface area (Å²) in [4.78, 5) is 23.8. The zero-order valence-corrected chi connectivity index (χ0v) is 10.6. The van der Waals surface area contributed by atoms with Crippen LogP contribution in [0.25, 0.3) is 0 Å². The van der Waals surface area contributed by atoms with Gasteiger partial charge in [0.2, 0.25) is 0 Å². The number of rotatable bonds is 6. The van der Waals surface area contributed by atoms with Gasteiger partial charge in [-0.05, 0) is 0 Å². The van der Waals surface area contributed by atoms with Crippen LogP contribution in [0.3, 0.4) is 0 Å². The number of carboxylic acid groups (broad SMARTS) is 1. The summed E-state index contributed by atoms with van der Waals surface area (Å²) in [6.07, 6.45) is -0.0449. The van der Waals surface area contributed by atoms with Gasteiger partial charge in [0.1, 0.15) is 0 Å². The SMILES string of the molecule is O=C(O)CCNC(=O)NCCN1CCSCC1. The van der Waals surface area contributed by atoms with Gasteiger partial charge in [-0.1, -0.05) is 0 Å². The van der Waals surface area contributed by atoms with Crippen LogP contribution in [0, 0.1) is 0 Å². The van der Waals surface area contributed by atoms with Crippen molar-refractivity contribution in [3.8, 4) is 0 Å². The summed E-state index contributed by atoms with van der Waals surface area (Å²) in [5, 5.41) is 13.6. The van der Waals surface area contributed by atoms with Crippen LogP contribution in [-0.4, -0.2) is 66.2 Å². The molecule has 98 valence electrons. The van der Waals surface area contributed by atoms with Gasteiger partial charge in [-0.2, -0.15) is 11.8 Å². The van der Waals surface area contributed by atoms with Gasteiger partial charge in [-0.3, -0.25) is 9.69 Å². The minimum Gasteiger partial charge on any atom is -0.481 e. The third-order valence-electron chi connectivity index (χ3n) is 2.44. The van der Waals surface area contributed by atoms with Crippen LogP contribution >= 0.6 is 11.8 Å². The molecule has 0 atom stereocenters. The van der Waals surface area contributed by atoms with Gasteiger partial charge in [0.05, 0.1) is 6.42 Å². The molecule has 0 aromatic rings. The lowest BCUT2D eigenvalue weighted by Crippen LogP contribution is -2.42. The fraction of sp³-hybridized carbons (Fsp3) is 0.800. The van der Waals surface area contributed by atoms with Crippen LogP contribution in [0.15, 0.2) is 0 Å². The zero-order valence-electron chi connectivity index (χ0n) is 9.78. The molecule has 0 bridgehead atoms. The normalized spacial score (nSPS) is 16.5. The highest BCUT2D eigenvalue weighted by Crippen LogP contribution is 2.07. The Morgan fingerprint density at radius 2 is 1.82 bits per heavy atom. The van der Waals surface area contributed by atoms with Gasteiger partial charge in [0, 0.05) is 44.2 Å². The highest BCUT2D eigenvalue weighted by Gasteiger charge is 2.09. The second kappa shape index (κ2) is 8.19. The van der Waals surface area contributed by atoms with Gasteiger partial charge in [0.15, 0.2) is 0 Å². The van der Waals surface area contributed by atoms with Gasteiger partial charge >= 0.3 is 12.0 Å². The Labute approximate surface area is 105 Å². The molecular formula is C10H19N3O3S. The molecule has 0 saturated carbocycles. The number of amides is 2. The lowest BCUT2D eigenvalue weighted by atomic mass is 10.4. The minimum atomic E-state index is -0.906. The van der Waals surface area contributed by atoms with Crippen LogP contribution in [0.1, 0.15) is 6.42 Å². The van der Waals surface area contributed by atoms with Crippen LogP contribution < -0.4 is 10.6 Å². The van der Waals surface area contributed by atoms with Crippen LogP contribution in [0.5, 0.6) is 0 Å². The molecule has 0 aliphatic carbocycles. The number of carbonyl (C=O) groups is 2. The molecular weight excluding hydrogens is 242 g/mol. The first-order valence-electron chi connectivity index (χ1n) is 5.72. The molecule has 0 aromatic carbocycles. The number of urea groups is 1. The van der Waals surface area contributed by atoms with E-state index in [-0.39, 0.29) is 19.0 Å². The average Bonchev–Trinajstić information content (AvgIpc) is 2.30. The molecule has 2 amide bonds. The van der Waals surface area contributed by atoms with E-state index in [1.165, 1.54) is 0 Å². The van der Waals surface area contributed by atoms with E-state index in [9.17, 15) is 9.59 Å². The van der Waals surface area contributed by atoms with Crippen molar-refractivity contribution in [2.75, 3.05) is 44.2 Å². The molecule has 1 rings (SSSR count). The van der Waals surface area contributed by atoms with Gasteiger partial charge in [0.25, 0.3) is 0 Å². The predicted octanol–water partition coefficient (Wildman–Crippen LogP) is -0.191. The summed E-state index contributed by atoms with van der Waals surface area (Å²) in [6, 6.07) is -0.294. The van der Waals surface area contributed by atoms with E-state index in [1.54, 1.807) is 0 Å². The summed E-state index contributed by atoms with van der Waals surface area (Å²) in [5.41, 5.74) is 0. The Morgan fingerprint density at radius 1 is 1.18 bits per heavy atom. The summed E-state index contributed by atoms with van der Waals surface area (Å²) in [5.74, 6) is 1.41. The second-order valence-electron chi connectivity index (χ2n) is 3.78. The highest BCUT2D eigenvalue weighted by molar-refractivity contribution is 7.99. The molecule has 1 aliphatic rings. The molecule has 0 radical (unpaired) electrons. The van der Waals surface area contributed by atoms with Crippen molar-refractivity contribution in [3.05, 3.63) is 0 Å². The molecule has 1 fully saturated rings. The number of nitrogens with zero attached hydrogens (tertiary/aromatic N) is 1. The maximum atomic E-state index is 11.2. The topological polar surface area (TPSA) is 81.7 Å². The molecule has 7 heteroatoms. The van der Waals surface area contributed by atoms with E-state index >= 15 is 0 Å². The molecule has 6 nitrogen and oxygen atoms in total. The Kier molecular flexibility index (Phi) is 6.80. The molecule has 1 aliphatic heterocycles. The number of thioether (sulfide) groups is 1. The second-order valence-corrected chi connectivity index (χ2v) is 5.01. The number of nitrogens with one attached hydrogen (secondary N) is 2. The molecule has 3 N–H and O–H groups in total. The quantitative estimate of drug-likeness (QED) is 0.617. The zero-order chi connectivity index (χ0) is 12.5. The fourth-order valence-corrected chi connectivity index (χ4v) is 2.48. The molecule has 0 aromatic heterocycles. The highest BCUT2D eigenvalue weighted by atomic mass is 32.2. The number of hydrogen-bond donors (Lipinski definition) is 3. The van der Waals surface area contributed by atoms with Crippen molar-refractivity contribution in [2.24, 2.45) is 0 Å². The van der Waals surface area contributed by atoms with Crippen molar-refractivity contribution >= 4 is 23.8 Å². The maximum Gasteiger partial charge on any atom is 0.314 e. The maximum absolute atomic E-state index is 11.2. The Hall–Kier alpha value is -0.950. The molecule has 17 heavy (non-hydrogen) atoms. The van der Waals surface area contributed by atoms with Crippen molar-refractivity contribution in [2.45, 2.75) is 6.42 Å². The Bertz CT molecular complexity index is 257. The Balaban J connectivity index is 1.97.